The first-order valence-electron chi connectivity index (χ1n) is 11.2. The van der Waals surface area contributed by atoms with Gasteiger partial charge in [-0.2, -0.15) is 16.8 Å². The van der Waals surface area contributed by atoms with E-state index in [0.717, 1.165) is 46.8 Å². The number of anilines is 1. The fraction of sp³-hybridized carbons (Fsp3) is 0.320. The van der Waals surface area contributed by atoms with Gasteiger partial charge in [0.25, 0.3) is 20.2 Å². The number of benzene rings is 2. The second kappa shape index (κ2) is 10.4. The molecular weight excluding hydrogens is 488 g/mol. The third kappa shape index (κ3) is 6.07. The molecule has 0 aliphatic heterocycles. The second-order valence-corrected chi connectivity index (χ2v) is 11.2. The number of nitrogens with one attached hydrogen (secondary N) is 1. The van der Waals surface area contributed by atoms with Crippen molar-refractivity contribution in [1.29, 1.82) is 0 Å². The van der Waals surface area contributed by atoms with Crippen molar-refractivity contribution in [2.75, 3.05) is 18.4 Å². The number of allylic oxidation sites excluding steroid dienone is 4. The average molecular weight is 519 g/mol. The third-order valence-corrected chi connectivity index (χ3v) is 7.67. The highest BCUT2D eigenvalue weighted by Crippen LogP contribution is 2.40. The quantitative estimate of drug-likeness (QED) is 0.433. The normalized spacial score (nSPS) is 18.4. The van der Waals surface area contributed by atoms with Gasteiger partial charge in [-0.3, -0.25) is 14.1 Å². The summed E-state index contributed by atoms with van der Waals surface area (Å²) in [5.74, 6) is -0.890. The Morgan fingerprint density at radius 1 is 1.00 bits per heavy atom. The lowest BCUT2D eigenvalue weighted by atomic mass is 9.77. The molecule has 1 aliphatic rings. The van der Waals surface area contributed by atoms with Crippen LogP contribution in [0, 0.1) is 12.8 Å². The van der Waals surface area contributed by atoms with Crippen LogP contribution in [-0.4, -0.2) is 44.7 Å². The first-order valence-corrected chi connectivity index (χ1v) is 14.1. The maximum Gasteiger partial charge on any atom is 0.294 e. The van der Waals surface area contributed by atoms with Gasteiger partial charge >= 0.3 is 0 Å². The van der Waals surface area contributed by atoms with Crippen molar-refractivity contribution in [3.8, 4) is 0 Å². The van der Waals surface area contributed by atoms with Crippen LogP contribution in [0.2, 0.25) is 0 Å². The molecule has 2 unspecified atom stereocenters. The lowest BCUT2D eigenvalue weighted by Crippen LogP contribution is -2.19. The maximum absolute atomic E-state index is 12.4. The van der Waals surface area contributed by atoms with Gasteiger partial charge in [-0.15, -0.1) is 0 Å². The van der Waals surface area contributed by atoms with Gasteiger partial charge in [-0.05, 0) is 74.2 Å². The molecule has 2 atom stereocenters. The number of hydrogen-bond acceptors (Lipinski definition) is 6. The van der Waals surface area contributed by atoms with E-state index in [1.165, 1.54) is 6.07 Å². The van der Waals surface area contributed by atoms with Gasteiger partial charge in [-0.25, -0.2) is 0 Å². The van der Waals surface area contributed by atoms with E-state index in [0.29, 0.717) is 6.54 Å². The predicted octanol–water partition coefficient (Wildman–Crippen LogP) is 4.65. The lowest BCUT2D eigenvalue weighted by molar-refractivity contribution is 0.478. The Balaban J connectivity index is 2.29. The summed E-state index contributed by atoms with van der Waals surface area (Å²) >= 11 is 0. The first kappa shape index (κ1) is 26.8. The molecule has 0 radical (unpaired) electrons. The van der Waals surface area contributed by atoms with Crippen LogP contribution in [-0.2, 0) is 20.2 Å². The van der Waals surface area contributed by atoms with Crippen molar-refractivity contribution < 1.29 is 25.9 Å². The van der Waals surface area contributed by atoms with Crippen LogP contribution in [0.1, 0.15) is 43.4 Å². The molecule has 0 heterocycles. The molecule has 0 aromatic heterocycles. The van der Waals surface area contributed by atoms with Crippen LogP contribution < -0.4 is 5.32 Å². The van der Waals surface area contributed by atoms with Gasteiger partial charge < -0.3 is 5.32 Å². The Morgan fingerprint density at radius 3 is 2.26 bits per heavy atom. The van der Waals surface area contributed by atoms with E-state index in [1.54, 1.807) is 0 Å². The summed E-state index contributed by atoms with van der Waals surface area (Å²) in [4.78, 5) is 3.28. The minimum absolute atomic E-state index is 0.213. The lowest BCUT2D eigenvalue weighted by Gasteiger charge is -2.28. The van der Waals surface area contributed by atoms with Crippen molar-refractivity contribution in [1.82, 2.24) is 0 Å². The van der Waals surface area contributed by atoms with E-state index in [9.17, 15) is 25.9 Å². The molecule has 3 rings (SSSR count). The van der Waals surface area contributed by atoms with Gasteiger partial charge in [0.2, 0.25) is 0 Å². The summed E-state index contributed by atoms with van der Waals surface area (Å²) in [5, 5.41) is 3.28. The Morgan fingerprint density at radius 2 is 1.71 bits per heavy atom. The summed E-state index contributed by atoms with van der Waals surface area (Å²) in [6, 6.07) is 9.00. The third-order valence-electron chi connectivity index (χ3n) is 5.91. The minimum Gasteiger partial charge on any atom is -0.385 e. The van der Waals surface area contributed by atoms with Crippen LogP contribution in [0.15, 0.2) is 75.0 Å². The largest absolute Gasteiger partial charge is 0.385 e. The fourth-order valence-electron chi connectivity index (χ4n) is 4.35. The Hall–Kier alpha value is -2.79. The molecule has 0 amide bonds. The topological polar surface area (TPSA) is 133 Å². The molecule has 188 valence electrons. The Labute approximate surface area is 207 Å². The number of rotatable bonds is 8. The Kier molecular flexibility index (Phi) is 8.00. The monoisotopic (exact) mass is 518 g/mol. The van der Waals surface area contributed by atoms with Crippen LogP contribution in [0.25, 0.3) is 0 Å². The van der Waals surface area contributed by atoms with Gasteiger partial charge in [0, 0.05) is 30.6 Å². The number of aliphatic imine (C=N–C) groups is 1. The molecule has 0 bridgehead atoms. The van der Waals surface area contributed by atoms with Crippen LogP contribution in [0.3, 0.4) is 0 Å². The van der Waals surface area contributed by atoms with Crippen molar-refractivity contribution in [2.45, 2.75) is 43.4 Å². The van der Waals surface area contributed by atoms with Crippen LogP contribution >= 0.6 is 0 Å². The fourth-order valence-corrected chi connectivity index (χ4v) is 5.70. The minimum atomic E-state index is -4.82. The molecular formula is C25H30N2O6S2. The van der Waals surface area contributed by atoms with E-state index < -0.39 is 35.9 Å². The van der Waals surface area contributed by atoms with Crippen molar-refractivity contribution >= 4 is 31.6 Å². The maximum atomic E-state index is 12.4. The molecule has 0 spiro atoms. The smallest absolute Gasteiger partial charge is 0.294 e. The highest BCUT2D eigenvalue weighted by Gasteiger charge is 2.31. The van der Waals surface area contributed by atoms with Gasteiger partial charge in [0.1, 0.15) is 0 Å². The summed E-state index contributed by atoms with van der Waals surface area (Å²) < 4.78 is 67.6. The van der Waals surface area contributed by atoms with E-state index in [1.807, 2.05) is 64.1 Å². The van der Waals surface area contributed by atoms with E-state index >= 15 is 0 Å². The van der Waals surface area contributed by atoms with Crippen LogP contribution in [0.5, 0.6) is 0 Å². The number of aryl methyl sites for hydroxylation is 1. The van der Waals surface area contributed by atoms with E-state index in [-0.39, 0.29) is 11.5 Å². The highest BCUT2D eigenvalue weighted by molar-refractivity contribution is 7.86. The molecule has 8 nitrogen and oxygen atoms in total. The SMILES string of the molecule is CCN=C1C=CC(C(c2ccc(NCC)c(C)c2)c2ccc(S(=O)(=O)O)cc2S(=O)(=O)O)C=C1C. The molecule has 3 N–H and O–H groups in total. The molecule has 0 saturated heterocycles. The summed E-state index contributed by atoms with van der Waals surface area (Å²) in [7, 11) is -9.51. The molecule has 10 heteroatoms. The van der Waals surface area contributed by atoms with Crippen LogP contribution in [0.4, 0.5) is 5.69 Å². The van der Waals surface area contributed by atoms with Gasteiger partial charge in [0.15, 0.2) is 0 Å². The molecule has 2 aromatic rings. The highest BCUT2D eigenvalue weighted by atomic mass is 32.2. The van der Waals surface area contributed by atoms with Crippen molar-refractivity contribution in [2.24, 2.45) is 10.9 Å². The zero-order valence-electron chi connectivity index (χ0n) is 20.1. The average Bonchev–Trinajstić information content (AvgIpc) is 2.76. The summed E-state index contributed by atoms with van der Waals surface area (Å²) in [6.07, 6.45) is 5.79. The summed E-state index contributed by atoms with van der Waals surface area (Å²) in [6.45, 7) is 9.14. The molecule has 0 fully saturated rings. The zero-order chi connectivity index (χ0) is 26.0. The van der Waals surface area contributed by atoms with E-state index in [4.69, 9.17) is 0 Å². The predicted molar refractivity (Wildman–Crippen MR) is 138 cm³/mol. The zero-order valence-corrected chi connectivity index (χ0v) is 21.7. The number of nitrogens with zero attached hydrogens (tertiary/aromatic N) is 1. The van der Waals surface area contributed by atoms with Crippen molar-refractivity contribution in [3.63, 3.8) is 0 Å². The molecule has 0 saturated carbocycles. The standard InChI is InChI=1S/C25H30N2O6S2/c1-5-26-22-11-7-18(13-16(22)3)25(19-8-12-23(27-6-2)17(4)14-19)21-10-9-20(34(28,29)30)15-24(21)35(31,32)33/h7-15,18,25,27H,5-6H2,1-4H3,(H,28,29,30)(H,31,32,33). The number of hydrogen-bond donors (Lipinski definition) is 3. The second-order valence-electron chi connectivity index (χ2n) is 8.38. The van der Waals surface area contributed by atoms with Crippen molar-refractivity contribution in [3.05, 3.63) is 76.9 Å². The molecule has 1 aliphatic carbocycles. The summed E-state index contributed by atoms with van der Waals surface area (Å²) in [5.41, 5.74) is 4.64. The van der Waals surface area contributed by atoms with E-state index in [2.05, 4.69) is 10.3 Å². The molecule has 35 heavy (non-hydrogen) atoms. The molecule has 2 aromatic carbocycles. The van der Waals surface area contributed by atoms with Gasteiger partial charge in [0.05, 0.1) is 15.5 Å². The van der Waals surface area contributed by atoms with Gasteiger partial charge in [-0.1, -0.05) is 30.4 Å². The first-order chi connectivity index (χ1) is 16.4. The Bertz CT molecular complexity index is 1420.